The van der Waals surface area contributed by atoms with Crippen LogP contribution in [0.3, 0.4) is 0 Å². The average molecular weight is 515 g/mol. The minimum Gasteiger partial charge on any atom is -0.494 e. The van der Waals surface area contributed by atoms with E-state index in [4.69, 9.17) is 10.5 Å². The third kappa shape index (κ3) is 4.07. The zero-order chi connectivity index (χ0) is 25.9. The largest absolute Gasteiger partial charge is 0.494 e. The summed E-state index contributed by atoms with van der Waals surface area (Å²) >= 11 is 0. The fraction of sp³-hybridized carbons (Fsp3) is 0.130. The number of guanidine groups is 1. The fourth-order valence-corrected chi connectivity index (χ4v) is 4.59. The van der Waals surface area contributed by atoms with Crippen LogP contribution in [0.2, 0.25) is 0 Å². The average Bonchev–Trinajstić information content (AvgIpc) is 3.03. The highest BCUT2D eigenvalue weighted by molar-refractivity contribution is 8.45. The quantitative estimate of drug-likeness (QED) is 0.412. The Morgan fingerprint density at radius 1 is 0.943 bits per heavy atom. The predicted octanol–water partition coefficient (Wildman–Crippen LogP) is 6.19. The summed E-state index contributed by atoms with van der Waals surface area (Å²) in [5, 5.41) is 0. The number of ether oxygens (including phenoxy) is 1. The molecule has 0 radical (unpaired) electrons. The molecule has 186 valence electrons. The van der Waals surface area contributed by atoms with Crippen LogP contribution in [0.15, 0.2) is 76.6 Å². The van der Waals surface area contributed by atoms with Gasteiger partial charge in [0.25, 0.3) is 5.91 Å². The topological polar surface area (TPSA) is 67.9 Å². The van der Waals surface area contributed by atoms with Crippen molar-refractivity contribution in [3.63, 3.8) is 0 Å². The summed E-state index contributed by atoms with van der Waals surface area (Å²) < 4.78 is 86.1. The van der Waals surface area contributed by atoms with E-state index < -0.39 is 32.4 Å². The molecule has 0 bridgehead atoms. The van der Waals surface area contributed by atoms with Crippen LogP contribution in [0.1, 0.15) is 11.1 Å². The molecule has 3 aromatic rings. The normalized spacial score (nSPS) is 20.3. The Balaban J connectivity index is 1.93. The van der Waals surface area contributed by atoms with Crippen molar-refractivity contribution in [2.75, 3.05) is 14.2 Å². The number of hydrogen-bond acceptors (Lipinski definition) is 4. The van der Waals surface area contributed by atoms with Gasteiger partial charge in [-0.2, -0.15) is 0 Å². The van der Waals surface area contributed by atoms with Gasteiger partial charge in [-0.3, -0.25) is 9.69 Å². The summed E-state index contributed by atoms with van der Waals surface area (Å²) in [6, 6.07) is 12.4. The highest BCUT2D eigenvalue weighted by Gasteiger charge is 2.65. The Labute approximate surface area is 196 Å². The first-order valence-electron chi connectivity index (χ1n) is 10.00. The standard InChI is InChI=1S/C23H19F6N3O2S/c1-32-21(33)23(31-22(32)30,15-9-11-17(12-10-15)35(25,26,27,28)29)16-6-3-5-14(13-16)18-7-4-8-19(34-2)20(18)24/h3-13H,1-2H3,(H2,30,31). The molecular formula is C23H19F6N3O2S. The molecule has 0 fully saturated rings. The van der Waals surface area contributed by atoms with E-state index in [1.165, 1.54) is 44.5 Å². The van der Waals surface area contributed by atoms with E-state index in [1.807, 2.05) is 0 Å². The van der Waals surface area contributed by atoms with Crippen molar-refractivity contribution >= 4 is 22.1 Å². The fourth-order valence-electron chi connectivity index (χ4n) is 3.94. The summed E-state index contributed by atoms with van der Waals surface area (Å²) in [5.41, 5.74) is 4.36. The number of carbonyl (C=O) groups is 1. The molecule has 1 aliphatic heterocycles. The molecule has 1 unspecified atom stereocenters. The maximum absolute atomic E-state index is 14.9. The van der Waals surface area contributed by atoms with E-state index >= 15 is 0 Å². The number of amides is 1. The molecule has 12 heteroatoms. The number of nitrogens with two attached hydrogens (primary N) is 1. The molecule has 0 aromatic heterocycles. The van der Waals surface area contributed by atoms with E-state index in [0.717, 1.165) is 17.0 Å². The lowest BCUT2D eigenvalue weighted by Gasteiger charge is -2.40. The van der Waals surface area contributed by atoms with Crippen LogP contribution >= 0.6 is 10.2 Å². The highest BCUT2D eigenvalue weighted by atomic mass is 32.5. The van der Waals surface area contributed by atoms with E-state index in [1.54, 1.807) is 12.1 Å². The Morgan fingerprint density at radius 3 is 2.11 bits per heavy atom. The van der Waals surface area contributed by atoms with Crippen molar-refractivity contribution in [3.8, 4) is 16.9 Å². The molecule has 5 nitrogen and oxygen atoms in total. The van der Waals surface area contributed by atoms with Gasteiger partial charge in [-0.05, 0) is 41.0 Å². The van der Waals surface area contributed by atoms with Gasteiger partial charge in [0.15, 0.2) is 23.1 Å². The Kier molecular flexibility index (Phi) is 5.01. The number of aliphatic imine (C=N–C) groups is 1. The number of methoxy groups -OCH3 is 1. The molecule has 0 spiro atoms. The summed E-state index contributed by atoms with van der Waals surface area (Å²) in [6.07, 6.45) is 0. The van der Waals surface area contributed by atoms with Gasteiger partial charge in [0.05, 0.1) is 7.11 Å². The van der Waals surface area contributed by atoms with Crippen molar-refractivity contribution in [1.29, 1.82) is 0 Å². The maximum Gasteiger partial charge on any atom is 0.310 e. The number of nitrogens with zero attached hydrogens (tertiary/aromatic N) is 2. The zero-order valence-electron chi connectivity index (χ0n) is 18.3. The molecule has 0 aliphatic carbocycles. The number of likely N-dealkylation sites (N-methyl/N-ethyl adjacent to an activating group) is 1. The molecule has 35 heavy (non-hydrogen) atoms. The maximum atomic E-state index is 14.9. The lowest BCUT2D eigenvalue weighted by molar-refractivity contribution is -0.129. The second kappa shape index (κ2) is 7.17. The summed E-state index contributed by atoms with van der Waals surface area (Å²) in [5.74, 6) is -1.64. The molecule has 0 saturated heterocycles. The highest BCUT2D eigenvalue weighted by Crippen LogP contribution is 3.02. The van der Waals surface area contributed by atoms with Crippen LogP contribution in [-0.4, -0.2) is 30.9 Å². The monoisotopic (exact) mass is 515 g/mol. The lowest BCUT2D eigenvalue weighted by Crippen LogP contribution is -2.41. The van der Waals surface area contributed by atoms with Crippen molar-refractivity contribution < 1.29 is 33.4 Å². The smallest absolute Gasteiger partial charge is 0.310 e. The summed E-state index contributed by atoms with van der Waals surface area (Å²) in [6.45, 7) is 0. The number of benzene rings is 3. The molecule has 1 atom stereocenters. The van der Waals surface area contributed by atoms with Gasteiger partial charge in [-0.25, -0.2) is 9.38 Å². The second-order valence-electron chi connectivity index (χ2n) is 7.94. The van der Waals surface area contributed by atoms with Gasteiger partial charge in [-0.1, -0.05) is 61.9 Å². The van der Waals surface area contributed by atoms with Gasteiger partial charge in [-0.15, -0.1) is 0 Å². The molecule has 4 rings (SSSR count). The molecule has 3 aromatic carbocycles. The minimum atomic E-state index is -9.94. The number of rotatable bonds is 5. The zero-order valence-corrected chi connectivity index (χ0v) is 19.1. The van der Waals surface area contributed by atoms with E-state index in [9.17, 15) is 28.6 Å². The summed E-state index contributed by atoms with van der Waals surface area (Å²) in [7, 11) is -7.32. The molecule has 1 heterocycles. The lowest BCUT2D eigenvalue weighted by atomic mass is 9.81. The van der Waals surface area contributed by atoms with Gasteiger partial charge in [0.1, 0.15) is 4.90 Å². The van der Waals surface area contributed by atoms with Crippen LogP contribution in [0.25, 0.3) is 11.1 Å². The van der Waals surface area contributed by atoms with E-state index in [2.05, 4.69) is 4.99 Å². The first-order valence-corrected chi connectivity index (χ1v) is 11.9. The molecule has 0 saturated carbocycles. The van der Waals surface area contributed by atoms with E-state index in [-0.39, 0.29) is 40.5 Å². The second-order valence-corrected chi connectivity index (χ2v) is 10.3. The number of carbonyl (C=O) groups excluding carboxylic acids is 1. The van der Waals surface area contributed by atoms with Gasteiger partial charge < -0.3 is 10.5 Å². The third-order valence-electron chi connectivity index (χ3n) is 5.73. The SMILES string of the molecule is COc1cccc(-c2cccc(C3(c4ccc(S(F)(F)(F)(F)F)cc4)N=C(N)N(C)C3=O)c2)c1F. The van der Waals surface area contributed by atoms with Crippen molar-refractivity contribution in [2.24, 2.45) is 10.7 Å². The van der Waals surface area contributed by atoms with Gasteiger partial charge >= 0.3 is 10.2 Å². The van der Waals surface area contributed by atoms with Crippen molar-refractivity contribution in [1.82, 2.24) is 4.90 Å². The van der Waals surface area contributed by atoms with Crippen LogP contribution < -0.4 is 10.5 Å². The first kappa shape index (κ1) is 24.5. The minimum absolute atomic E-state index is 0.0202. The Hall–Kier alpha value is -3.67. The Morgan fingerprint density at radius 2 is 1.57 bits per heavy atom. The first-order chi connectivity index (χ1) is 16.1. The van der Waals surface area contributed by atoms with Crippen LogP contribution in [0, 0.1) is 5.82 Å². The van der Waals surface area contributed by atoms with Gasteiger partial charge in [0.2, 0.25) is 0 Å². The molecule has 1 aliphatic rings. The Bertz CT molecular complexity index is 1380. The molecule has 1 amide bonds. The van der Waals surface area contributed by atoms with Crippen LogP contribution in [-0.2, 0) is 10.3 Å². The summed E-state index contributed by atoms with van der Waals surface area (Å²) in [4.78, 5) is 16.5. The number of hydrogen-bond donors (Lipinski definition) is 1. The predicted molar refractivity (Wildman–Crippen MR) is 121 cm³/mol. The number of halogens is 6. The third-order valence-corrected chi connectivity index (χ3v) is 6.90. The van der Waals surface area contributed by atoms with E-state index in [0.29, 0.717) is 5.56 Å². The molecular weight excluding hydrogens is 496 g/mol. The van der Waals surface area contributed by atoms with Crippen molar-refractivity contribution in [3.05, 3.63) is 83.7 Å². The van der Waals surface area contributed by atoms with Crippen LogP contribution in [0.4, 0.5) is 23.8 Å². The molecule has 2 N–H and O–H groups in total. The van der Waals surface area contributed by atoms with Crippen molar-refractivity contribution in [2.45, 2.75) is 10.4 Å². The van der Waals surface area contributed by atoms with Gasteiger partial charge in [0, 0.05) is 12.6 Å². The van der Waals surface area contributed by atoms with Crippen LogP contribution in [0.5, 0.6) is 5.75 Å².